The van der Waals surface area contributed by atoms with Gasteiger partial charge in [-0.05, 0) is 18.6 Å². The zero-order chi connectivity index (χ0) is 18.8. The van der Waals surface area contributed by atoms with E-state index in [9.17, 15) is 9.90 Å². The molecule has 0 aliphatic heterocycles. The molecule has 1 amide bonds. The number of carbonyl (C=O) groups excluding carboxylic acids is 1. The first-order valence-corrected chi connectivity index (χ1v) is 8.74. The van der Waals surface area contributed by atoms with E-state index in [1.165, 1.54) is 0 Å². The van der Waals surface area contributed by atoms with Gasteiger partial charge in [-0.15, -0.1) is 0 Å². The predicted octanol–water partition coefficient (Wildman–Crippen LogP) is 4.96. The highest BCUT2D eigenvalue weighted by atomic mass is 16.6. The number of hydrogen-bond acceptors (Lipinski definition) is 3. The van der Waals surface area contributed by atoms with Gasteiger partial charge in [0.05, 0.1) is 0 Å². The van der Waals surface area contributed by atoms with Crippen molar-refractivity contribution in [2.45, 2.75) is 54.3 Å². The van der Waals surface area contributed by atoms with Crippen LogP contribution in [-0.2, 0) is 4.79 Å². The van der Waals surface area contributed by atoms with Gasteiger partial charge in [0.2, 0.25) is 12.2 Å². The fraction of sp³-hybridized carbons (Fsp3) is 0.476. The number of aliphatic hydroxyl groups is 1. The zero-order valence-corrected chi connectivity index (χ0v) is 16.0. The number of fused-ring (bicyclic) bond motifs is 1. The molecule has 2 rings (SSSR count). The van der Waals surface area contributed by atoms with Crippen LogP contribution in [0, 0.1) is 10.8 Å². The molecule has 0 saturated heterocycles. The van der Waals surface area contributed by atoms with Gasteiger partial charge in [-0.1, -0.05) is 65.8 Å². The lowest BCUT2D eigenvalue weighted by molar-refractivity contribution is -0.123. The maximum Gasteiger partial charge on any atom is 0.229 e. The molecule has 25 heavy (non-hydrogen) atoms. The highest BCUT2D eigenvalue weighted by molar-refractivity contribution is 6.05. The number of benzene rings is 2. The van der Waals surface area contributed by atoms with Gasteiger partial charge in [0.15, 0.2) is 0 Å². The van der Waals surface area contributed by atoms with Crippen molar-refractivity contribution in [3.8, 4) is 5.75 Å². The molecular weight excluding hydrogens is 314 g/mol. The summed E-state index contributed by atoms with van der Waals surface area (Å²) in [7, 11) is 0. The van der Waals surface area contributed by atoms with Crippen LogP contribution in [0.5, 0.6) is 5.75 Å². The van der Waals surface area contributed by atoms with E-state index >= 15 is 0 Å². The van der Waals surface area contributed by atoms with Gasteiger partial charge in [-0.2, -0.15) is 0 Å². The quantitative estimate of drug-likeness (QED) is 0.755. The highest BCUT2D eigenvalue weighted by Gasteiger charge is 2.28. The Bertz CT molecular complexity index is 759. The fourth-order valence-electron chi connectivity index (χ4n) is 2.25. The molecule has 0 aromatic heterocycles. The number of amides is 1. The minimum atomic E-state index is -0.907. The lowest BCUT2D eigenvalue weighted by Gasteiger charge is -2.29. The van der Waals surface area contributed by atoms with Gasteiger partial charge in [0, 0.05) is 27.3 Å². The third kappa shape index (κ3) is 4.31. The first kappa shape index (κ1) is 19.3. The minimum absolute atomic E-state index is 0.0431. The Balaban J connectivity index is 2.40. The molecule has 4 nitrogen and oxygen atoms in total. The van der Waals surface area contributed by atoms with Crippen LogP contribution in [0.2, 0.25) is 0 Å². The lowest BCUT2D eigenvalue weighted by atomic mass is 9.89. The van der Waals surface area contributed by atoms with Crippen LogP contribution in [0.1, 0.15) is 48.0 Å². The van der Waals surface area contributed by atoms with Crippen LogP contribution in [-0.4, -0.2) is 17.3 Å². The van der Waals surface area contributed by atoms with E-state index in [4.69, 9.17) is 4.74 Å². The number of aliphatic hydroxyl groups excluding tert-OH is 1. The third-order valence-corrected chi connectivity index (χ3v) is 4.63. The molecule has 1 atom stereocenters. The van der Waals surface area contributed by atoms with Crippen LogP contribution in [0.4, 0.5) is 5.69 Å². The Hall–Kier alpha value is -2.07. The van der Waals surface area contributed by atoms with Gasteiger partial charge in [0.25, 0.3) is 0 Å². The summed E-state index contributed by atoms with van der Waals surface area (Å²) in [5, 5.41) is 15.2. The molecular formula is C21H29NO3. The topological polar surface area (TPSA) is 58.6 Å². The summed E-state index contributed by atoms with van der Waals surface area (Å²) in [6.07, 6.45) is -0.109. The normalized spacial score (nSPS) is 13.6. The molecule has 0 aliphatic rings. The Labute approximate surface area is 150 Å². The van der Waals surface area contributed by atoms with Gasteiger partial charge in [-0.25, -0.2) is 0 Å². The van der Waals surface area contributed by atoms with Crippen molar-refractivity contribution >= 4 is 22.4 Å². The number of hydrogen-bond donors (Lipinski definition) is 2. The van der Waals surface area contributed by atoms with Crippen molar-refractivity contribution in [3.63, 3.8) is 0 Å². The number of ether oxygens (including phenoxy) is 1. The highest BCUT2D eigenvalue weighted by Crippen LogP contribution is 2.35. The van der Waals surface area contributed by atoms with Crippen molar-refractivity contribution in [1.29, 1.82) is 0 Å². The molecule has 0 heterocycles. The molecule has 0 bridgehead atoms. The molecule has 0 radical (unpaired) electrons. The fourth-order valence-corrected chi connectivity index (χ4v) is 2.25. The van der Waals surface area contributed by atoms with E-state index in [1.807, 2.05) is 71.9 Å². The Morgan fingerprint density at radius 3 is 2.24 bits per heavy atom. The molecule has 0 spiro atoms. The third-order valence-electron chi connectivity index (χ3n) is 4.63. The second-order valence-corrected chi connectivity index (χ2v) is 8.17. The van der Waals surface area contributed by atoms with Crippen LogP contribution >= 0.6 is 0 Å². The van der Waals surface area contributed by atoms with Crippen molar-refractivity contribution in [2.24, 2.45) is 10.8 Å². The van der Waals surface area contributed by atoms with Crippen LogP contribution in [0.3, 0.4) is 0 Å². The molecule has 2 aromatic carbocycles. The van der Waals surface area contributed by atoms with E-state index in [1.54, 1.807) is 6.07 Å². The molecule has 0 fully saturated rings. The monoisotopic (exact) mass is 343 g/mol. The molecule has 1 unspecified atom stereocenters. The van der Waals surface area contributed by atoms with E-state index < -0.39 is 11.7 Å². The summed E-state index contributed by atoms with van der Waals surface area (Å²) in [6.45, 7) is 11.6. The predicted molar refractivity (Wildman–Crippen MR) is 103 cm³/mol. The maximum absolute atomic E-state index is 12.3. The molecule has 0 aliphatic carbocycles. The van der Waals surface area contributed by atoms with E-state index in [2.05, 4.69) is 5.32 Å². The Kier molecular flexibility index (Phi) is 5.43. The largest absolute Gasteiger partial charge is 0.464 e. The zero-order valence-electron chi connectivity index (χ0n) is 16.0. The van der Waals surface area contributed by atoms with Crippen molar-refractivity contribution in [1.82, 2.24) is 0 Å². The van der Waals surface area contributed by atoms with E-state index in [-0.39, 0.29) is 11.3 Å². The van der Waals surface area contributed by atoms with Crippen molar-refractivity contribution in [2.75, 3.05) is 5.32 Å². The summed E-state index contributed by atoms with van der Waals surface area (Å²) in [6, 6.07) is 11.3. The van der Waals surface area contributed by atoms with E-state index in [0.29, 0.717) is 5.75 Å². The molecule has 4 heteroatoms. The summed E-state index contributed by atoms with van der Waals surface area (Å²) in [4.78, 5) is 12.3. The summed E-state index contributed by atoms with van der Waals surface area (Å²) < 4.78 is 5.85. The average molecular weight is 343 g/mol. The molecule has 136 valence electrons. The number of anilines is 1. The van der Waals surface area contributed by atoms with Crippen molar-refractivity contribution < 1.29 is 14.6 Å². The summed E-state index contributed by atoms with van der Waals surface area (Å²) in [5.74, 6) is 0.567. The standard InChI is InChI=1S/C21H29NO3/c1-7-21(5,6)19(24)25-17-13-12-16(22-18(23)20(2,3)4)14-10-8-9-11-15(14)17/h8-13,19,24H,7H2,1-6H3,(H,22,23). The minimum Gasteiger partial charge on any atom is -0.464 e. The first-order chi connectivity index (χ1) is 11.6. The Morgan fingerprint density at radius 1 is 1.08 bits per heavy atom. The SMILES string of the molecule is CCC(C)(C)C(O)Oc1ccc(NC(=O)C(C)(C)C)c2ccccc12. The van der Waals surface area contributed by atoms with Gasteiger partial charge < -0.3 is 15.2 Å². The number of nitrogens with one attached hydrogen (secondary N) is 1. The summed E-state index contributed by atoms with van der Waals surface area (Å²) >= 11 is 0. The average Bonchev–Trinajstić information content (AvgIpc) is 2.55. The molecule has 2 aromatic rings. The van der Waals surface area contributed by atoms with Crippen LogP contribution in [0.25, 0.3) is 10.8 Å². The van der Waals surface area contributed by atoms with Gasteiger partial charge in [0.1, 0.15) is 5.75 Å². The second kappa shape index (κ2) is 7.04. The van der Waals surface area contributed by atoms with Crippen LogP contribution in [0.15, 0.2) is 36.4 Å². The number of rotatable bonds is 5. The molecule has 0 saturated carbocycles. The summed E-state index contributed by atoms with van der Waals surface area (Å²) in [5.41, 5.74) is -0.0789. The Morgan fingerprint density at radius 2 is 1.68 bits per heavy atom. The molecule has 2 N–H and O–H groups in total. The van der Waals surface area contributed by atoms with E-state index in [0.717, 1.165) is 22.9 Å². The number of carbonyl (C=O) groups is 1. The van der Waals surface area contributed by atoms with Crippen molar-refractivity contribution in [3.05, 3.63) is 36.4 Å². The van der Waals surface area contributed by atoms with Gasteiger partial charge in [-0.3, -0.25) is 4.79 Å². The smallest absolute Gasteiger partial charge is 0.229 e. The van der Waals surface area contributed by atoms with Gasteiger partial charge >= 0.3 is 0 Å². The lowest BCUT2D eigenvalue weighted by Crippen LogP contribution is -2.33. The van der Waals surface area contributed by atoms with Crippen LogP contribution < -0.4 is 10.1 Å². The first-order valence-electron chi connectivity index (χ1n) is 8.74. The maximum atomic E-state index is 12.3. The second-order valence-electron chi connectivity index (χ2n) is 8.17.